The minimum absolute atomic E-state index is 0.0735. The Morgan fingerprint density at radius 2 is 0.967 bits per heavy atom. The molecule has 0 saturated carbocycles. The van der Waals surface area contributed by atoms with Crippen molar-refractivity contribution in [2.75, 3.05) is 13.2 Å². The van der Waals surface area contributed by atoms with Gasteiger partial charge < -0.3 is 9.47 Å². The molecule has 0 aliphatic rings. The van der Waals surface area contributed by atoms with Gasteiger partial charge in [-0.3, -0.25) is 9.59 Å². The normalized spacial score (nSPS) is 11.4. The molecular formula is C18H20N2O8S2. The third-order valence-electron chi connectivity index (χ3n) is 3.45. The van der Waals surface area contributed by atoms with Crippen molar-refractivity contribution in [2.45, 2.75) is 23.6 Å². The maximum atomic E-state index is 11.9. The van der Waals surface area contributed by atoms with Gasteiger partial charge in [0.15, 0.2) is 0 Å². The van der Waals surface area contributed by atoms with Crippen molar-refractivity contribution in [1.82, 2.24) is 9.44 Å². The van der Waals surface area contributed by atoms with Crippen molar-refractivity contribution in [3.05, 3.63) is 48.5 Å². The molecular weight excluding hydrogens is 436 g/mol. The lowest BCUT2D eigenvalue weighted by Crippen LogP contribution is -2.28. The Morgan fingerprint density at radius 3 is 1.23 bits per heavy atom. The molecule has 0 unspecified atom stereocenters. The van der Waals surface area contributed by atoms with E-state index in [9.17, 15) is 26.4 Å². The van der Waals surface area contributed by atoms with Gasteiger partial charge >= 0.3 is 0 Å². The molecule has 0 spiro atoms. The van der Waals surface area contributed by atoms with Crippen molar-refractivity contribution in [2.24, 2.45) is 0 Å². The minimum atomic E-state index is -3.90. The molecule has 162 valence electrons. The quantitative estimate of drug-likeness (QED) is 0.527. The Hall–Kier alpha value is -3.12. The molecule has 0 saturated heterocycles. The van der Waals surface area contributed by atoms with Crippen LogP contribution in [-0.2, 0) is 29.6 Å². The Kier molecular flexibility index (Phi) is 7.40. The summed E-state index contributed by atoms with van der Waals surface area (Å²) in [6.45, 7) is 2.49. The molecule has 0 aliphatic heterocycles. The summed E-state index contributed by atoms with van der Waals surface area (Å²) in [5.74, 6) is -0.573. The van der Waals surface area contributed by atoms with Crippen molar-refractivity contribution in [1.29, 1.82) is 0 Å². The lowest BCUT2D eigenvalue weighted by molar-refractivity contribution is -0.118. The second kappa shape index (κ2) is 9.59. The molecule has 2 N–H and O–H groups in total. The maximum absolute atomic E-state index is 11.9. The molecule has 0 fully saturated rings. The van der Waals surface area contributed by atoms with Gasteiger partial charge in [0.25, 0.3) is 20.0 Å². The van der Waals surface area contributed by atoms with Gasteiger partial charge in [0.1, 0.15) is 24.7 Å². The summed E-state index contributed by atoms with van der Waals surface area (Å²) in [5.41, 5.74) is 0. The predicted molar refractivity (Wildman–Crippen MR) is 106 cm³/mol. The average Bonchev–Trinajstić information content (AvgIpc) is 2.64. The fourth-order valence-corrected chi connectivity index (χ4v) is 4.23. The second-order valence-electron chi connectivity index (χ2n) is 5.96. The van der Waals surface area contributed by atoms with Crippen LogP contribution in [0.1, 0.15) is 13.8 Å². The summed E-state index contributed by atoms with van der Waals surface area (Å²) in [7, 11) is -7.81. The lowest BCUT2D eigenvalue weighted by atomic mass is 10.3. The second-order valence-corrected chi connectivity index (χ2v) is 9.33. The SMILES string of the molecule is CC(=O)NS(=O)(=O)c1ccc(OCCOc2ccc(S(=O)(=O)NC(C)=O)cc2)cc1. The number of rotatable bonds is 9. The van der Waals surface area contributed by atoms with Crippen LogP contribution in [0.5, 0.6) is 11.5 Å². The topological polar surface area (TPSA) is 145 Å². The smallest absolute Gasteiger partial charge is 0.264 e. The fourth-order valence-electron chi connectivity index (χ4n) is 2.25. The third kappa shape index (κ3) is 6.74. The average molecular weight is 456 g/mol. The Labute approximate surface area is 174 Å². The van der Waals surface area contributed by atoms with Crippen LogP contribution in [0.3, 0.4) is 0 Å². The number of ether oxygens (including phenoxy) is 2. The zero-order chi connectivity index (χ0) is 22.4. The number of carbonyl (C=O) groups is 2. The summed E-state index contributed by atoms with van der Waals surface area (Å²) >= 11 is 0. The number of nitrogens with one attached hydrogen (secondary N) is 2. The standard InChI is InChI=1S/C18H20N2O8S2/c1-13(21)19-29(23,24)17-7-3-15(4-8-17)27-11-12-28-16-5-9-18(10-6-16)30(25,26)20-14(2)22/h3-10H,11-12H2,1-2H3,(H,19,21)(H,20,22). The summed E-state index contributed by atoms with van der Waals surface area (Å²) in [4.78, 5) is 21.7. The third-order valence-corrected chi connectivity index (χ3v) is 6.34. The summed E-state index contributed by atoms with van der Waals surface area (Å²) in [6.07, 6.45) is 0. The van der Waals surface area contributed by atoms with Crippen LogP contribution in [-0.4, -0.2) is 41.9 Å². The molecule has 0 aromatic heterocycles. The maximum Gasteiger partial charge on any atom is 0.264 e. The molecule has 0 radical (unpaired) electrons. The van der Waals surface area contributed by atoms with E-state index in [1.165, 1.54) is 48.5 Å². The Balaban J connectivity index is 1.85. The van der Waals surface area contributed by atoms with E-state index >= 15 is 0 Å². The van der Waals surface area contributed by atoms with Crippen LogP contribution in [0.15, 0.2) is 58.3 Å². The van der Waals surface area contributed by atoms with Gasteiger partial charge in [0, 0.05) is 13.8 Å². The summed E-state index contributed by atoms with van der Waals surface area (Å²) in [6, 6.07) is 11.0. The first-order valence-corrected chi connectivity index (χ1v) is 11.5. The largest absolute Gasteiger partial charge is 0.490 e. The van der Waals surface area contributed by atoms with Crippen molar-refractivity contribution >= 4 is 31.9 Å². The molecule has 10 nitrogen and oxygen atoms in total. The van der Waals surface area contributed by atoms with Gasteiger partial charge in [-0.25, -0.2) is 26.3 Å². The highest BCUT2D eigenvalue weighted by Gasteiger charge is 2.16. The highest BCUT2D eigenvalue weighted by atomic mass is 32.2. The van der Waals surface area contributed by atoms with E-state index in [2.05, 4.69) is 0 Å². The minimum Gasteiger partial charge on any atom is -0.490 e. The molecule has 0 aliphatic carbocycles. The van der Waals surface area contributed by atoms with Gasteiger partial charge in [-0.05, 0) is 48.5 Å². The molecule has 0 heterocycles. The Morgan fingerprint density at radius 1 is 0.667 bits per heavy atom. The highest BCUT2D eigenvalue weighted by molar-refractivity contribution is 7.90. The molecule has 2 rings (SSSR count). The molecule has 2 aromatic rings. The van der Waals surface area contributed by atoms with E-state index in [0.29, 0.717) is 11.5 Å². The molecule has 2 aromatic carbocycles. The highest BCUT2D eigenvalue weighted by Crippen LogP contribution is 2.17. The zero-order valence-electron chi connectivity index (χ0n) is 16.1. The van der Waals surface area contributed by atoms with Crippen LogP contribution < -0.4 is 18.9 Å². The first kappa shape index (κ1) is 23.2. The number of hydrogen-bond donors (Lipinski definition) is 2. The van der Waals surface area contributed by atoms with Crippen molar-refractivity contribution in [3.8, 4) is 11.5 Å². The van der Waals surface area contributed by atoms with Gasteiger partial charge in [0.05, 0.1) is 9.79 Å². The van der Waals surface area contributed by atoms with E-state index in [-0.39, 0.29) is 23.0 Å². The number of benzene rings is 2. The van der Waals surface area contributed by atoms with Crippen LogP contribution in [0.25, 0.3) is 0 Å². The van der Waals surface area contributed by atoms with Gasteiger partial charge in [-0.2, -0.15) is 0 Å². The van der Waals surface area contributed by atoms with E-state index < -0.39 is 31.9 Å². The zero-order valence-corrected chi connectivity index (χ0v) is 17.7. The number of carbonyl (C=O) groups excluding carboxylic acids is 2. The summed E-state index contributed by atoms with van der Waals surface area (Å²) in [5, 5.41) is 0. The van der Waals surface area contributed by atoms with Crippen LogP contribution in [0.4, 0.5) is 0 Å². The van der Waals surface area contributed by atoms with E-state index in [0.717, 1.165) is 13.8 Å². The molecule has 2 amide bonds. The van der Waals surface area contributed by atoms with Gasteiger partial charge in [-0.15, -0.1) is 0 Å². The van der Waals surface area contributed by atoms with Crippen molar-refractivity contribution in [3.63, 3.8) is 0 Å². The first-order valence-electron chi connectivity index (χ1n) is 8.52. The number of hydrogen-bond acceptors (Lipinski definition) is 8. The summed E-state index contributed by atoms with van der Waals surface area (Å²) < 4.78 is 62.1. The number of amides is 2. The van der Waals surface area contributed by atoms with Gasteiger partial charge in [0.2, 0.25) is 11.8 Å². The van der Waals surface area contributed by atoms with Crippen LogP contribution in [0, 0.1) is 0 Å². The lowest BCUT2D eigenvalue weighted by Gasteiger charge is -2.10. The van der Waals surface area contributed by atoms with Crippen molar-refractivity contribution < 1.29 is 35.9 Å². The predicted octanol–water partition coefficient (Wildman–Crippen LogP) is 0.794. The van der Waals surface area contributed by atoms with E-state index in [1.807, 2.05) is 9.44 Å². The number of sulfonamides is 2. The Bertz CT molecular complexity index is 1020. The van der Waals surface area contributed by atoms with Gasteiger partial charge in [-0.1, -0.05) is 0 Å². The molecule has 12 heteroatoms. The monoisotopic (exact) mass is 456 g/mol. The molecule has 0 bridgehead atoms. The molecule has 30 heavy (non-hydrogen) atoms. The fraction of sp³-hybridized carbons (Fsp3) is 0.222. The molecule has 0 atom stereocenters. The van der Waals surface area contributed by atoms with E-state index in [1.54, 1.807) is 0 Å². The first-order chi connectivity index (χ1) is 14.0. The van der Waals surface area contributed by atoms with E-state index in [4.69, 9.17) is 9.47 Å². The van der Waals surface area contributed by atoms with Crippen LogP contribution >= 0.6 is 0 Å². The van der Waals surface area contributed by atoms with Crippen LogP contribution in [0.2, 0.25) is 0 Å².